The number of hydrogen-bond acceptors (Lipinski definition) is 4. The molecule has 1 aliphatic carbocycles. The zero-order chi connectivity index (χ0) is 11.8. The fourth-order valence-electron chi connectivity index (χ4n) is 1.25. The summed E-state index contributed by atoms with van der Waals surface area (Å²) in [4.78, 5) is 9.69. The Morgan fingerprint density at radius 2 is 2.25 bits per heavy atom. The Morgan fingerprint density at radius 3 is 2.81 bits per heavy atom. The van der Waals surface area contributed by atoms with Crippen molar-refractivity contribution in [3.8, 4) is 5.75 Å². The highest BCUT2D eigenvalue weighted by molar-refractivity contribution is 5.39. The van der Waals surface area contributed by atoms with Gasteiger partial charge in [0.15, 0.2) is 0 Å². The van der Waals surface area contributed by atoms with Crippen LogP contribution in [0.15, 0.2) is 18.2 Å². The molecule has 5 nitrogen and oxygen atoms in total. The molecule has 0 aliphatic heterocycles. The summed E-state index contributed by atoms with van der Waals surface area (Å²) in [6, 6.07) is 3.44. The van der Waals surface area contributed by atoms with E-state index < -0.39 is 16.4 Å². The van der Waals surface area contributed by atoms with Crippen LogP contribution in [0.25, 0.3) is 0 Å². The maximum atomic E-state index is 13.0. The number of halogens is 1. The molecule has 86 valence electrons. The first kappa shape index (κ1) is 10.8. The van der Waals surface area contributed by atoms with Gasteiger partial charge in [-0.25, -0.2) is 0 Å². The number of ether oxygens (including phenoxy) is 1. The number of nitro groups is 1. The van der Waals surface area contributed by atoms with E-state index in [2.05, 4.69) is 0 Å². The second-order valence-corrected chi connectivity index (χ2v) is 4.02. The molecule has 0 radical (unpaired) electrons. The molecule has 1 fully saturated rings. The normalized spacial score (nSPS) is 16.9. The van der Waals surface area contributed by atoms with Gasteiger partial charge < -0.3 is 10.5 Å². The lowest BCUT2D eigenvalue weighted by molar-refractivity contribution is -0.387. The average Bonchev–Trinajstić information content (AvgIpc) is 2.96. The van der Waals surface area contributed by atoms with Crippen LogP contribution in [0.3, 0.4) is 0 Å². The highest BCUT2D eigenvalue weighted by Crippen LogP contribution is 2.33. The summed E-state index contributed by atoms with van der Waals surface area (Å²) in [5.41, 5.74) is 4.90. The van der Waals surface area contributed by atoms with Gasteiger partial charge >= 0.3 is 5.69 Å². The lowest BCUT2D eigenvalue weighted by Gasteiger charge is -2.10. The fraction of sp³-hybridized carbons (Fsp3) is 0.400. The second-order valence-electron chi connectivity index (χ2n) is 4.02. The molecule has 1 saturated carbocycles. The molecule has 2 rings (SSSR count). The van der Waals surface area contributed by atoms with Crippen LogP contribution in [0.2, 0.25) is 0 Å². The summed E-state index contributed by atoms with van der Waals surface area (Å²) < 4.78 is 18.3. The van der Waals surface area contributed by atoms with Crippen molar-refractivity contribution in [1.29, 1.82) is 0 Å². The van der Waals surface area contributed by atoms with Crippen molar-refractivity contribution in [1.82, 2.24) is 0 Å². The second kappa shape index (κ2) is 3.71. The van der Waals surface area contributed by atoms with E-state index in [4.69, 9.17) is 10.5 Å². The molecule has 0 heterocycles. The van der Waals surface area contributed by atoms with Crippen LogP contribution in [-0.4, -0.2) is 17.1 Å². The Labute approximate surface area is 91.2 Å². The molecular formula is C10H11FN2O3. The molecule has 0 aromatic heterocycles. The van der Waals surface area contributed by atoms with E-state index in [1.165, 1.54) is 6.07 Å². The molecule has 2 N–H and O–H groups in total. The number of nitrogens with zero attached hydrogens (tertiary/aromatic N) is 1. The minimum absolute atomic E-state index is 0.268. The summed E-state index contributed by atoms with van der Waals surface area (Å²) in [5, 5.41) is 10.5. The molecule has 1 aromatic carbocycles. The van der Waals surface area contributed by atoms with Gasteiger partial charge in [-0.15, -0.1) is 0 Å². The third-order valence-corrected chi connectivity index (χ3v) is 2.53. The molecule has 1 aliphatic rings. The van der Waals surface area contributed by atoms with E-state index in [1.54, 1.807) is 0 Å². The molecule has 1 aromatic rings. The van der Waals surface area contributed by atoms with Crippen molar-refractivity contribution in [3.63, 3.8) is 0 Å². The molecule has 0 atom stereocenters. The molecule has 16 heavy (non-hydrogen) atoms. The van der Waals surface area contributed by atoms with E-state index >= 15 is 0 Å². The van der Waals surface area contributed by atoms with Crippen molar-refractivity contribution < 1.29 is 14.1 Å². The number of rotatable bonds is 4. The van der Waals surface area contributed by atoms with Crippen molar-refractivity contribution in [2.24, 2.45) is 5.73 Å². The van der Waals surface area contributed by atoms with Crippen LogP contribution in [-0.2, 0) is 0 Å². The Balaban J connectivity index is 2.09. The van der Waals surface area contributed by atoms with E-state index in [1.807, 2.05) is 0 Å². The minimum Gasteiger partial charge on any atom is -0.491 e. The van der Waals surface area contributed by atoms with Crippen LogP contribution in [0.4, 0.5) is 10.1 Å². The number of benzene rings is 1. The van der Waals surface area contributed by atoms with E-state index in [0.29, 0.717) is 6.61 Å². The van der Waals surface area contributed by atoms with Crippen molar-refractivity contribution in [2.45, 2.75) is 18.4 Å². The van der Waals surface area contributed by atoms with Crippen molar-refractivity contribution >= 4 is 5.69 Å². The highest BCUT2D eigenvalue weighted by atomic mass is 19.1. The quantitative estimate of drug-likeness (QED) is 0.624. The third-order valence-electron chi connectivity index (χ3n) is 2.53. The maximum Gasteiger partial charge on any atom is 0.308 e. The smallest absolute Gasteiger partial charge is 0.308 e. The first-order valence-corrected chi connectivity index (χ1v) is 4.86. The Bertz CT molecular complexity index is 432. The lowest BCUT2D eigenvalue weighted by Crippen LogP contribution is -2.29. The molecule has 0 amide bonds. The van der Waals surface area contributed by atoms with Crippen molar-refractivity contribution in [2.75, 3.05) is 6.61 Å². The van der Waals surface area contributed by atoms with Gasteiger partial charge in [0.1, 0.15) is 12.4 Å². The van der Waals surface area contributed by atoms with Gasteiger partial charge in [-0.05, 0) is 25.0 Å². The van der Waals surface area contributed by atoms with E-state index in [0.717, 1.165) is 25.0 Å². The molecule has 0 unspecified atom stereocenters. The summed E-state index contributed by atoms with van der Waals surface area (Å²) in [6.07, 6.45) is 1.77. The maximum absolute atomic E-state index is 13.0. The topological polar surface area (TPSA) is 78.4 Å². The van der Waals surface area contributed by atoms with Crippen LogP contribution in [0.1, 0.15) is 12.8 Å². The Hall–Kier alpha value is -1.69. The van der Waals surface area contributed by atoms with Crippen LogP contribution in [0, 0.1) is 15.9 Å². The summed E-state index contributed by atoms with van der Waals surface area (Å²) in [7, 11) is 0. The predicted molar refractivity (Wildman–Crippen MR) is 54.7 cm³/mol. The van der Waals surface area contributed by atoms with E-state index in [9.17, 15) is 14.5 Å². The van der Waals surface area contributed by atoms with Gasteiger partial charge in [0.25, 0.3) is 0 Å². The van der Waals surface area contributed by atoms with Gasteiger partial charge in [0, 0.05) is 0 Å². The SMILES string of the molecule is NC1(COc2ccc(F)c([N+](=O)[O-])c2)CC1. The van der Waals surface area contributed by atoms with Gasteiger partial charge in [-0.3, -0.25) is 10.1 Å². The van der Waals surface area contributed by atoms with Crippen LogP contribution in [0.5, 0.6) is 5.75 Å². The zero-order valence-electron chi connectivity index (χ0n) is 8.48. The Kier molecular flexibility index (Phi) is 2.51. The summed E-state index contributed by atoms with van der Waals surface area (Å²) in [5.74, 6) is -0.601. The average molecular weight is 226 g/mol. The number of nitrogens with two attached hydrogens (primary N) is 1. The summed E-state index contributed by atoms with van der Waals surface area (Å²) >= 11 is 0. The predicted octanol–water partition coefficient (Wildman–Crippen LogP) is 1.60. The van der Waals surface area contributed by atoms with Gasteiger partial charge in [-0.2, -0.15) is 4.39 Å². The zero-order valence-corrected chi connectivity index (χ0v) is 8.48. The largest absolute Gasteiger partial charge is 0.491 e. The molecule has 0 spiro atoms. The monoisotopic (exact) mass is 226 g/mol. The standard InChI is InChI=1S/C10H11FN2O3/c11-8-2-1-7(5-9(8)13(14)15)16-6-10(12)3-4-10/h1-2,5H,3-4,6,12H2. The number of hydrogen-bond donors (Lipinski definition) is 1. The van der Waals surface area contributed by atoms with Gasteiger partial charge in [0.2, 0.25) is 5.82 Å². The Morgan fingerprint density at radius 1 is 1.56 bits per heavy atom. The molecular weight excluding hydrogens is 215 g/mol. The fourth-order valence-corrected chi connectivity index (χ4v) is 1.25. The van der Waals surface area contributed by atoms with Crippen molar-refractivity contribution in [3.05, 3.63) is 34.1 Å². The molecule has 0 bridgehead atoms. The third kappa shape index (κ3) is 2.27. The number of nitro benzene ring substituents is 1. The lowest BCUT2D eigenvalue weighted by atomic mass is 10.3. The van der Waals surface area contributed by atoms with Gasteiger partial charge in [-0.1, -0.05) is 0 Å². The summed E-state index contributed by atoms with van der Waals surface area (Å²) in [6.45, 7) is 0.301. The highest BCUT2D eigenvalue weighted by Gasteiger charge is 2.39. The van der Waals surface area contributed by atoms with E-state index in [-0.39, 0.29) is 11.3 Å². The first-order chi connectivity index (χ1) is 7.50. The van der Waals surface area contributed by atoms with Crippen LogP contribution >= 0.6 is 0 Å². The molecule has 6 heteroatoms. The van der Waals surface area contributed by atoms with Gasteiger partial charge in [0.05, 0.1) is 16.5 Å². The first-order valence-electron chi connectivity index (χ1n) is 4.86. The minimum atomic E-state index is -0.869. The molecule has 0 saturated heterocycles. The van der Waals surface area contributed by atoms with Crippen LogP contribution < -0.4 is 10.5 Å².